The lowest BCUT2D eigenvalue weighted by Crippen LogP contribution is -2.16. The molecule has 0 spiro atoms. The van der Waals surface area contributed by atoms with Gasteiger partial charge in [0.2, 0.25) is 0 Å². The van der Waals surface area contributed by atoms with Crippen molar-refractivity contribution in [1.82, 2.24) is 5.32 Å². The molecule has 1 rings (SSSR count). The Kier molecular flexibility index (Phi) is 6.11. The van der Waals surface area contributed by atoms with Crippen molar-refractivity contribution in [3.8, 4) is 11.5 Å². The molecular weight excluding hydrogens is 222 g/mol. The number of hydrogen-bond acceptors (Lipinski definition) is 4. The average Bonchev–Trinajstić information content (AvgIpc) is 2.29. The first kappa shape index (κ1) is 13.2. The third kappa shape index (κ3) is 4.33. The van der Waals surface area contributed by atoms with Gasteiger partial charge >= 0.3 is 0 Å². The van der Waals surface area contributed by atoms with Crippen molar-refractivity contribution in [2.75, 3.05) is 25.2 Å². The number of hydrogen-bond donors (Lipinski definition) is 2. The first-order valence-corrected chi connectivity index (χ1v) is 6.81. The van der Waals surface area contributed by atoms with Gasteiger partial charge in [0.05, 0.1) is 6.61 Å². The lowest BCUT2D eigenvalue weighted by molar-refractivity contribution is 0.317. The zero-order valence-electron chi connectivity index (χ0n) is 9.82. The first-order valence-electron chi connectivity index (χ1n) is 5.42. The van der Waals surface area contributed by atoms with Crippen LogP contribution in [0.3, 0.4) is 0 Å². The molecule has 0 aliphatic heterocycles. The van der Waals surface area contributed by atoms with Crippen LogP contribution in [0.5, 0.6) is 11.5 Å². The zero-order chi connectivity index (χ0) is 11.8. The second-order valence-electron chi connectivity index (χ2n) is 3.40. The van der Waals surface area contributed by atoms with Crippen molar-refractivity contribution in [3.05, 3.63) is 23.8 Å². The highest BCUT2D eigenvalue weighted by atomic mass is 32.2. The molecule has 0 fully saturated rings. The predicted octanol–water partition coefficient (Wildman–Crippen LogP) is 2.24. The Bertz CT molecular complexity index is 318. The Morgan fingerprint density at radius 3 is 2.94 bits per heavy atom. The van der Waals surface area contributed by atoms with Gasteiger partial charge < -0.3 is 15.2 Å². The van der Waals surface area contributed by atoms with Gasteiger partial charge in [0.25, 0.3) is 0 Å². The number of aromatic hydroxyl groups is 1. The van der Waals surface area contributed by atoms with Gasteiger partial charge in [-0.3, -0.25) is 0 Å². The summed E-state index contributed by atoms with van der Waals surface area (Å²) in [4.78, 5) is 0. The highest BCUT2D eigenvalue weighted by Gasteiger charge is 2.02. The minimum Gasteiger partial charge on any atom is -0.504 e. The molecule has 4 heteroatoms. The van der Waals surface area contributed by atoms with Gasteiger partial charge in [-0.25, -0.2) is 0 Å². The molecule has 2 N–H and O–H groups in total. The minimum atomic E-state index is 0.203. The SMILES string of the molecule is CCOc1cc(CNCCSC)ccc1O. The van der Waals surface area contributed by atoms with E-state index in [1.54, 1.807) is 6.07 Å². The van der Waals surface area contributed by atoms with Gasteiger partial charge in [-0.1, -0.05) is 6.07 Å². The number of thioether (sulfide) groups is 1. The second kappa shape index (κ2) is 7.41. The monoisotopic (exact) mass is 241 g/mol. The van der Waals surface area contributed by atoms with Crippen molar-refractivity contribution in [2.24, 2.45) is 0 Å². The molecule has 0 heterocycles. The Morgan fingerprint density at radius 2 is 2.25 bits per heavy atom. The van der Waals surface area contributed by atoms with E-state index in [0.29, 0.717) is 12.4 Å². The molecule has 90 valence electrons. The summed E-state index contributed by atoms with van der Waals surface area (Å²) in [6, 6.07) is 5.46. The largest absolute Gasteiger partial charge is 0.504 e. The summed E-state index contributed by atoms with van der Waals surface area (Å²) in [6.07, 6.45) is 2.09. The van der Waals surface area contributed by atoms with E-state index in [-0.39, 0.29) is 5.75 Å². The lowest BCUT2D eigenvalue weighted by Gasteiger charge is -2.09. The molecule has 0 aliphatic rings. The maximum absolute atomic E-state index is 9.53. The van der Waals surface area contributed by atoms with Crippen LogP contribution in [0.1, 0.15) is 12.5 Å². The highest BCUT2D eigenvalue weighted by molar-refractivity contribution is 7.98. The molecular formula is C12H19NO2S. The van der Waals surface area contributed by atoms with Gasteiger partial charge in [0, 0.05) is 18.8 Å². The van der Waals surface area contributed by atoms with E-state index in [0.717, 1.165) is 24.4 Å². The molecule has 0 unspecified atom stereocenters. The van der Waals surface area contributed by atoms with E-state index in [1.807, 2.05) is 30.8 Å². The summed E-state index contributed by atoms with van der Waals surface area (Å²) in [5.41, 5.74) is 1.13. The topological polar surface area (TPSA) is 41.5 Å². The Balaban J connectivity index is 2.50. The van der Waals surface area contributed by atoms with Gasteiger partial charge in [-0.2, -0.15) is 11.8 Å². The predicted molar refractivity (Wildman–Crippen MR) is 69.4 cm³/mol. The maximum atomic E-state index is 9.53. The Labute approximate surface area is 101 Å². The van der Waals surface area contributed by atoms with Crippen molar-refractivity contribution in [2.45, 2.75) is 13.5 Å². The van der Waals surface area contributed by atoms with Gasteiger partial charge in [-0.15, -0.1) is 0 Å². The Hall–Kier alpha value is -0.870. The van der Waals surface area contributed by atoms with Gasteiger partial charge in [0.15, 0.2) is 11.5 Å². The van der Waals surface area contributed by atoms with Crippen LogP contribution < -0.4 is 10.1 Å². The fraction of sp³-hybridized carbons (Fsp3) is 0.500. The van der Waals surface area contributed by atoms with Crippen LogP contribution in [-0.2, 0) is 6.54 Å². The molecule has 0 atom stereocenters. The van der Waals surface area contributed by atoms with Crippen LogP contribution in [-0.4, -0.2) is 30.3 Å². The molecule has 0 aliphatic carbocycles. The summed E-state index contributed by atoms with van der Waals surface area (Å²) in [5.74, 6) is 1.87. The number of ether oxygens (including phenoxy) is 1. The van der Waals surface area contributed by atoms with E-state index < -0.39 is 0 Å². The molecule has 16 heavy (non-hydrogen) atoms. The number of benzene rings is 1. The van der Waals surface area contributed by atoms with E-state index in [1.165, 1.54) is 0 Å². The maximum Gasteiger partial charge on any atom is 0.161 e. The van der Waals surface area contributed by atoms with E-state index >= 15 is 0 Å². The summed E-state index contributed by atoms with van der Waals surface area (Å²) in [6.45, 7) is 4.27. The smallest absolute Gasteiger partial charge is 0.161 e. The van der Waals surface area contributed by atoms with Crippen LogP contribution in [0.25, 0.3) is 0 Å². The van der Waals surface area contributed by atoms with Gasteiger partial charge in [0.1, 0.15) is 0 Å². The number of rotatable bonds is 7. The van der Waals surface area contributed by atoms with Crippen molar-refractivity contribution in [1.29, 1.82) is 0 Å². The van der Waals surface area contributed by atoms with Crippen LogP contribution >= 0.6 is 11.8 Å². The standard InChI is InChI=1S/C12H19NO2S/c1-3-15-12-8-10(4-5-11(12)14)9-13-6-7-16-2/h4-5,8,13-14H,3,6-7,9H2,1-2H3. The number of nitrogens with one attached hydrogen (secondary N) is 1. The van der Waals surface area contributed by atoms with Crippen LogP contribution in [0.4, 0.5) is 0 Å². The fourth-order valence-corrected chi connectivity index (χ4v) is 1.70. The average molecular weight is 241 g/mol. The molecule has 3 nitrogen and oxygen atoms in total. The molecule has 0 amide bonds. The molecule has 0 saturated heterocycles. The molecule has 0 radical (unpaired) electrons. The number of phenols is 1. The summed E-state index contributed by atoms with van der Waals surface area (Å²) in [5, 5.41) is 12.9. The quantitative estimate of drug-likeness (QED) is 0.718. The van der Waals surface area contributed by atoms with Crippen molar-refractivity contribution < 1.29 is 9.84 Å². The van der Waals surface area contributed by atoms with E-state index in [4.69, 9.17) is 4.74 Å². The lowest BCUT2D eigenvalue weighted by atomic mass is 10.2. The first-order chi connectivity index (χ1) is 7.77. The molecule has 1 aromatic rings. The molecule has 0 aromatic heterocycles. The van der Waals surface area contributed by atoms with E-state index in [2.05, 4.69) is 11.6 Å². The molecule has 0 bridgehead atoms. The normalized spacial score (nSPS) is 10.4. The summed E-state index contributed by atoms with van der Waals surface area (Å²) in [7, 11) is 0. The summed E-state index contributed by atoms with van der Waals surface area (Å²) >= 11 is 1.82. The fourth-order valence-electron chi connectivity index (χ4n) is 1.35. The van der Waals surface area contributed by atoms with Crippen LogP contribution in [0.15, 0.2) is 18.2 Å². The van der Waals surface area contributed by atoms with Crippen molar-refractivity contribution >= 4 is 11.8 Å². The molecule has 1 aromatic carbocycles. The van der Waals surface area contributed by atoms with Crippen LogP contribution in [0.2, 0.25) is 0 Å². The third-order valence-corrected chi connectivity index (χ3v) is 2.75. The number of phenolic OH excluding ortho intramolecular Hbond substituents is 1. The van der Waals surface area contributed by atoms with Crippen molar-refractivity contribution in [3.63, 3.8) is 0 Å². The minimum absolute atomic E-state index is 0.203. The third-order valence-electron chi connectivity index (χ3n) is 2.14. The van der Waals surface area contributed by atoms with E-state index in [9.17, 15) is 5.11 Å². The summed E-state index contributed by atoms with van der Waals surface area (Å²) < 4.78 is 5.32. The highest BCUT2D eigenvalue weighted by Crippen LogP contribution is 2.26. The van der Waals surface area contributed by atoms with Gasteiger partial charge in [-0.05, 0) is 30.9 Å². The molecule has 0 saturated carbocycles. The van der Waals surface area contributed by atoms with Crippen LogP contribution in [0, 0.1) is 0 Å². The zero-order valence-corrected chi connectivity index (χ0v) is 10.6. The second-order valence-corrected chi connectivity index (χ2v) is 4.39. The Morgan fingerprint density at radius 1 is 1.44 bits per heavy atom.